The molecular formula is C7H12O2. The van der Waals surface area contributed by atoms with E-state index < -0.39 is 0 Å². The summed E-state index contributed by atoms with van der Waals surface area (Å²) in [7, 11) is 0. The second-order valence-electron chi connectivity index (χ2n) is 2.29. The Morgan fingerprint density at radius 2 is 2.33 bits per heavy atom. The minimum atomic E-state index is -0.277. The maximum Gasteiger partial charge on any atom is 0.0858 e. The van der Waals surface area contributed by atoms with Gasteiger partial charge in [-0.3, -0.25) is 0 Å². The standard InChI is InChI=1S/C7H12O2/c1-2-3-6-4-9-5-7(6)8/h2-3,6-8H,4-5H2,1H3. The van der Waals surface area contributed by atoms with Crippen molar-refractivity contribution in [2.75, 3.05) is 13.2 Å². The maximum absolute atomic E-state index is 9.14. The molecule has 0 spiro atoms. The highest BCUT2D eigenvalue weighted by atomic mass is 16.5. The van der Waals surface area contributed by atoms with E-state index in [9.17, 15) is 0 Å². The Labute approximate surface area is 55.1 Å². The van der Waals surface area contributed by atoms with Gasteiger partial charge in [0.15, 0.2) is 0 Å². The van der Waals surface area contributed by atoms with Gasteiger partial charge in [0.05, 0.1) is 19.3 Å². The summed E-state index contributed by atoms with van der Waals surface area (Å²) < 4.78 is 5.02. The van der Waals surface area contributed by atoms with Crippen molar-refractivity contribution in [3.05, 3.63) is 12.2 Å². The molecule has 2 unspecified atom stereocenters. The van der Waals surface area contributed by atoms with Gasteiger partial charge in [0, 0.05) is 5.92 Å². The molecule has 1 N–H and O–H groups in total. The Bertz CT molecular complexity index is 109. The van der Waals surface area contributed by atoms with Gasteiger partial charge in [-0.2, -0.15) is 0 Å². The summed E-state index contributed by atoms with van der Waals surface area (Å²) in [6.07, 6.45) is 3.65. The van der Waals surface area contributed by atoms with E-state index >= 15 is 0 Å². The minimum Gasteiger partial charge on any atom is -0.390 e. The summed E-state index contributed by atoms with van der Waals surface area (Å²) >= 11 is 0. The monoisotopic (exact) mass is 128 g/mol. The summed E-state index contributed by atoms with van der Waals surface area (Å²) in [4.78, 5) is 0. The summed E-state index contributed by atoms with van der Waals surface area (Å²) in [6.45, 7) is 3.12. The van der Waals surface area contributed by atoms with Gasteiger partial charge >= 0.3 is 0 Å². The lowest BCUT2D eigenvalue weighted by molar-refractivity contribution is 0.123. The fourth-order valence-corrected chi connectivity index (χ4v) is 0.991. The number of hydrogen-bond donors (Lipinski definition) is 1. The molecule has 1 rings (SSSR count). The smallest absolute Gasteiger partial charge is 0.0858 e. The van der Waals surface area contributed by atoms with E-state index in [1.165, 1.54) is 0 Å². The normalized spacial score (nSPS) is 36.2. The van der Waals surface area contributed by atoms with Gasteiger partial charge in [-0.05, 0) is 6.92 Å². The topological polar surface area (TPSA) is 29.5 Å². The van der Waals surface area contributed by atoms with Crippen molar-refractivity contribution >= 4 is 0 Å². The summed E-state index contributed by atoms with van der Waals surface area (Å²) in [6, 6.07) is 0. The van der Waals surface area contributed by atoms with E-state index in [2.05, 4.69) is 0 Å². The van der Waals surface area contributed by atoms with Crippen LogP contribution in [0, 0.1) is 5.92 Å². The molecule has 1 aliphatic heterocycles. The van der Waals surface area contributed by atoms with Crippen molar-refractivity contribution in [1.82, 2.24) is 0 Å². The summed E-state index contributed by atoms with van der Waals surface area (Å²) in [5.74, 6) is 0.231. The molecule has 0 aromatic carbocycles. The average molecular weight is 128 g/mol. The molecule has 2 heteroatoms. The van der Waals surface area contributed by atoms with Crippen LogP contribution in [-0.4, -0.2) is 24.4 Å². The van der Waals surface area contributed by atoms with Gasteiger partial charge < -0.3 is 9.84 Å². The predicted octanol–water partition coefficient (Wildman–Crippen LogP) is 0.570. The van der Waals surface area contributed by atoms with E-state index in [1.807, 2.05) is 19.1 Å². The second-order valence-corrected chi connectivity index (χ2v) is 2.29. The van der Waals surface area contributed by atoms with Crippen LogP contribution in [0.3, 0.4) is 0 Å². The quantitative estimate of drug-likeness (QED) is 0.523. The molecule has 1 fully saturated rings. The zero-order chi connectivity index (χ0) is 6.69. The molecular weight excluding hydrogens is 116 g/mol. The third kappa shape index (κ3) is 1.53. The van der Waals surface area contributed by atoms with Crippen LogP contribution in [0.1, 0.15) is 6.92 Å². The van der Waals surface area contributed by atoms with E-state index in [-0.39, 0.29) is 12.0 Å². The van der Waals surface area contributed by atoms with Crippen molar-refractivity contribution in [2.45, 2.75) is 13.0 Å². The van der Waals surface area contributed by atoms with Crippen LogP contribution in [0.25, 0.3) is 0 Å². The fourth-order valence-electron chi connectivity index (χ4n) is 0.991. The molecule has 0 saturated carbocycles. The van der Waals surface area contributed by atoms with E-state index in [0.29, 0.717) is 13.2 Å². The number of hydrogen-bond acceptors (Lipinski definition) is 2. The minimum absolute atomic E-state index is 0.231. The van der Waals surface area contributed by atoms with Crippen molar-refractivity contribution in [3.63, 3.8) is 0 Å². The third-order valence-corrected chi connectivity index (χ3v) is 1.53. The molecule has 0 aliphatic carbocycles. The molecule has 9 heavy (non-hydrogen) atoms. The first-order valence-corrected chi connectivity index (χ1v) is 3.23. The van der Waals surface area contributed by atoms with Crippen LogP contribution in [-0.2, 0) is 4.74 Å². The Kier molecular flexibility index (Phi) is 2.25. The van der Waals surface area contributed by atoms with Crippen LogP contribution in [0.4, 0.5) is 0 Å². The lowest BCUT2D eigenvalue weighted by Gasteiger charge is -2.03. The van der Waals surface area contributed by atoms with Crippen molar-refractivity contribution in [3.8, 4) is 0 Å². The fraction of sp³-hybridized carbons (Fsp3) is 0.714. The molecule has 2 atom stereocenters. The molecule has 52 valence electrons. The third-order valence-electron chi connectivity index (χ3n) is 1.53. The highest BCUT2D eigenvalue weighted by molar-refractivity contribution is 4.92. The van der Waals surface area contributed by atoms with Crippen molar-refractivity contribution in [2.24, 2.45) is 5.92 Å². The number of aliphatic hydroxyl groups excluding tert-OH is 1. The van der Waals surface area contributed by atoms with Crippen LogP contribution in [0.15, 0.2) is 12.2 Å². The van der Waals surface area contributed by atoms with Crippen LogP contribution >= 0.6 is 0 Å². The lowest BCUT2D eigenvalue weighted by atomic mass is 10.1. The maximum atomic E-state index is 9.14. The highest BCUT2D eigenvalue weighted by Gasteiger charge is 2.22. The van der Waals surface area contributed by atoms with Gasteiger partial charge in [0.1, 0.15) is 0 Å². The molecule has 1 saturated heterocycles. The Morgan fingerprint density at radius 1 is 1.56 bits per heavy atom. The average Bonchev–Trinajstić information content (AvgIpc) is 2.18. The molecule has 0 radical (unpaired) electrons. The molecule has 2 nitrogen and oxygen atoms in total. The number of ether oxygens (including phenoxy) is 1. The first kappa shape index (κ1) is 6.78. The van der Waals surface area contributed by atoms with Gasteiger partial charge in [0.2, 0.25) is 0 Å². The predicted molar refractivity (Wildman–Crippen MR) is 35.1 cm³/mol. The zero-order valence-electron chi connectivity index (χ0n) is 5.58. The Hall–Kier alpha value is -0.340. The van der Waals surface area contributed by atoms with Gasteiger partial charge in [0.25, 0.3) is 0 Å². The van der Waals surface area contributed by atoms with Gasteiger partial charge in [-0.25, -0.2) is 0 Å². The summed E-state index contributed by atoms with van der Waals surface area (Å²) in [5.41, 5.74) is 0. The Morgan fingerprint density at radius 3 is 2.78 bits per heavy atom. The van der Waals surface area contributed by atoms with Crippen LogP contribution < -0.4 is 0 Å². The molecule has 1 heterocycles. The number of aliphatic hydroxyl groups is 1. The number of rotatable bonds is 1. The van der Waals surface area contributed by atoms with Crippen LogP contribution in [0.5, 0.6) is 0 Å². The van der Waals surface area contributed by atoms with E-state index in [1.54, 1.807) is 0 Å². The molecule has 0 amide bonds. The van der Waals surface area contributed by atoms with Crippen molar-refractivity contribution < 1.29 is 9.84 Å². The molecule has 1 aliphatic rings. The van der Waals surface area contributed by atoms with Gasteiger partial charge in [-0.15, -0.1) is 0 Å². The van der Waals surface area contributed by atoms with E-state index in [0.717, 1.165) is 0 Å². The zero-order valence-corrected chi connectivity index (χ0v) is 5.58. The highest BCUT2D eigenvalue weighted by Crippen LogP contribution is 2.13. The SMILES string of the molecule is CC=CC1COCC1O. The Balaban J connectivity index is 2.39. The second kappa shape index (κ2) is 2.99. The number of allylic oxidation sites excluding steroid dienone is 1. The van der Waals surface area contributed by atoms with Crippen molar-refractivity contribution in [1.29, 1.82) is 0 Å². The first-order chi connectivity index (χ1) is 4.34. The molecule has 0 aromatic rings. The largest absolute Gasteiger partial charge is 0.390 e. The van der Waals surface area contributed by atoms with Gasteiger partial charge in [-0.1, -0.05) is 12.2 Å². The van der Waals surface area contributed by atoms with Crippen LogP contribution in [0.2, 0.25) is 0 Å². The summed E-state index contributed by atoms with van der Waals surface area (Å²) in [5, 5.41) is 9.14. The molecule has 0 bridgehead atoms. The first-order valence-electron chi connectivity index (χ1n) is 3.23. The van der Waals surface area contributed by atoms with E-state index in [4.69, 9.17) is 9.84 Å². The lowest BCUT2D eigenvalue weighted by Crippen LogP contribution is -2.14. The molecule has 0 aromatic heterocycles.